The normalized spacial score (nSPS) is 19.2. The van der Waals surface area contributed by atoms with Crippen molar-refractivity contribution in [2.75, 3.05) is 27.3 Å². The SMILES string of the molecule is CCN1C[C@H]2CC(OC)c3c(C(=O)NCc4ccc(F)cc4F)c(=O)c(OC)c(n32)C1=O. The van der Waals surface area contributed by atoms with Gasteiger partial charge in [0.15, 0.2) is 11.4 Å². The third-order valence-electron chi connectivity index (χ3n) is 6.03. The van der Waals surface area contributed by atoms with E-state index in [0.29, 0.717) is 31.3 Å². The quantitative estimate of drug-likeness (QED) is 0.733. The predicted octanol–water partition coefficient (Wildman–Crippen LogP) is 2.17. The zero-order chi connectivity index (χ0) is 23.2. The molecule has 0 fully saturated rings. The van der Waals surface area contributed by atoms with Gasteiger partial charge in [0.25, 0.3) is 11.8 Å². The van der Waals surface area contributed by atoms with Gasteiger partial charge < -0.3 is 24.3 Å². The summed E-state index contributed by atoms with van der Waals surface area (Å²) in [5.41, 5.74) is -0.470. The Morgan fingerprint density at radius 2 is 2.00 bits per heavy atom. The fraction of sp³-hybridized carbons (Fsp3) is 0.409. The van der Waals surface area contributed by atoms with E-state index in [0.717, 1.165) is 6.07 Å². The van der Waals surface area contributed by atoms with Gasteiger partial charge in [-0.3, -0.25) is 14.4 Å². The molecule has 2 aromatic rings. The van der Waals surface area contributed by atoms with Crippen LogP contribution in [-0.2, 0) is 11.3 Å². The van der Waals surface area contributed by atoms with Crippen LogP contribution in [0.4, 0.5) is 8.78 Å². The van der Waals surface area contributed by atoms with E-state index < -0.39 is 29.1 Å². The molecular formula is C22H23F2N3O5. The molecule has 10 heteroatoms. The van der Waals surface area contributed by atoms with Crippen LogP contribution in [0.2, 0.25) is 0 Å². The third-order valence-corrected chi connectivity index (χ3v) is 6.03. The highest BCUT2D eigenvalue weighted by Gasteiger charge is 2.45. The Morgan fingerprint density at radius 1 is 1.25 bits per heavy atom. The number of carbonyl (C=O) groups excluding carboxylic acids is 2. The number of halogens is 2. The first-order chi connectivity index (χ1) is 15.3. The molecule has 2 aliphatic heterocycles. The number of likely N-dealkylation sites (N-methyl/N-ethyl adjacent to an activating group) is 1. The van der Waals surface area contributed by atoms with Crippen molar-refractivity contribution in [1.29, 1.82) is 0 Å². The Morgan fingerprint density at radius 3 is 2.62 bits per heavy atom. The Kier molecular flexibility index (Phi) is 5.72. The van der Waals surface area contributed by atoms with Crippen LogP contribution in [0.1, 0.15) is 57.6 Å². The van der Waals surface area contributed by atoms with E-state index in [-0.39, 0.29) is 41.1 Å². The smallest absolute Gasteiger partial charge is 0.274 e. The van der Waals surface area contributed by atoms with E-state index in [1.54, 1.807) is 9.47 Å². The zero-order valence-electron chi connectivity index (χ0n) is 17.9. The van der Waals surface area contributed by atoms with Gasteiger partial charge in [-0.05, 0) is 13.0 Å². The number of pyridine rings is 1. The number of rotatable bonds is 6. The van der Waals surface area contributed by atoms with E-state index in [4.69, 9.17) is 9.47 Å². The lowest BCUT2D eigenvalue weighted by molar-refractivity contribution is 0.0652. The molecule has 1 aromatic carbocycles. The van der Waals surface area contributed by atoms with Crippen molar-refractivity contribution in [2.24, 2.45) is 0 Å². The minimum absolute atomic E-state index is 0.0659. The van der Waals surface area contributed by atoms with Crippen molar-refractivity contribution >= 4 is 11.8 Å². The van der Waals surface area contributed by atoms with Crippen molar-refractivity contribution in [3.8, 4) is 5.75 Å². The number of methoxy groups -OCH3 is 2. The summed E-state index contributed by atoms with van der Waals surface area (Å²) in [7, 11) is 2.74. The van der Waals surface area contributed by atoms with Gasteiger partial charge in [-0.1, -0.05) is 6.07 Å². The lowest BCUT2D eigenvalue weighted by atomic mass is 10.1. The maximum absolute atomic E-state index is 14.0. The average molecular weight is 447 g/mol. The molecule has 8 nitrogen and oxygen atoms in total. The molecule has 0 spiro atoms. The molecule has 2 aliphatic rings. The number of nitrogens with zero attached hydrogens (tertiary/aromatic N) is 2. The fourth-order valence-corrected chi connectivity index (χ4v) is 4.51. The molecule has 0 bridgehead atoms. The van der Waals surface area contributed by atoms with Crippen LogP contribution < -0.4 is 15.5 Å². The molecule has 1 N–H and O–H groups in total. The predicted molar refractivity (Wildman–Crippen MR) is 110 cm³/mol. The van der Waals surface area contributed by atoms with Crippen molar-refractivity contribution in [3.05, 3.63) is 62.6 Å². The highest BCUT2D eigenvalue weighted by atomic mass is 19.1. The Hall–Kier alpha value is -3.27. The molecule has 3 heterocycles. The monoisotopic (exact) mass is 447 g/mol. The van der Waals surface area contributed by atoms with Crippen LogP contribution in [0.5, 0.6) is 5.75 Å². The highest BCUT2D eigenvalue weighted by molar-refractivity contribution is 6.00. The lowest BCUT2D eigenvalue weighted by Gasteiger charge is -2.34. The summed E-state index contributed by atoms with van der Waals surface area (Å²) in [5, 5.41) is 2.52. The second-order valence-electron chi connectivity index (χ2n) is 7.72. The molecule has 2 atom stereocenters. The van der Waals surface area contributed by atoms with Gasteiger partial charge in [0, 0.05) is 44.8 Å². The second kappa shape index (κ2) is 8.34. The van der Waals surface area contributed by atoms with Gasteiger partial charge >= 0.3 is 0 Å². The molecule has 2 amide bonds. The zero-order valence-corrected chi connectivity index (χ0v) is 17.9. The summed E-state index contributed by atoms with van der Waals surface area (Å²) in [6.07, 6.45) is -0.0995. The van der Waals surface area contributed by atoms with Crippen LogP contribution in [0.15, 0.2) is 23.0 Å². The summed E-state index contributed by atoms with van der Waals surface area (Å²) < 4.78 is 39.6. The van der Waals surface area contributed by atoms with Gasteiger partial charge in [0.2, 0.25) is 5.43 Å². The molecule has 32 heavy (non-hydrogen) atoms. The molecule has 170 valence electrons. The van der Waals surface area contributed by atoms with Crippen LogP contribution in [0.3, 0.4) is 0 Å². The fourth-order valence-electron chi connectivity index (χ4n) is 4.51. The number of hydrogen-bond acceptors (Lipinski definition) is 5. The Balaban J connectivity index is 1.81. The third kappa shape index (κ3) is 3.35. The molecule has 0 radical (unpaired) electrons. The van der Waals surface area contributed by atoms with Gasteiger partial charge in [-0.2, -0.15) is 0 Å². The van der Waals surface area contributed by atoms with E-state index >= 15 is 0 Å². The first-order valence-electron chi connectivity index (χ1n) is 10.2. The van der Waals surface area contributed by atoms with E-state index in [2.05, 4.69) is 5.32 Å². The summed E-state index contributed by atoms with van der Waals surface area (Å²) in [4.78, 5) is 41.0. The molecule has 1 aromatic heterocycles. The summed E-state index contributed by atoms with van der Waals surface area (Å²) in [5.74, 6) is -2.86. The number of aromatic nitrogens is 1. The van der Waals surface area contributed by atoms with Gasteiger partial charge in [-0.25, -0.2) is 8.78 Å². The number of nitrogens with one attached hydrogen (secondary N) is 1. The van der Waals surface area contributed by atoms with E-state index in [1.165, 1.54) is 20.3 Å². The number of benzene rings is 1. The lowest BCUT2D eigenvalue weighted by Crippen LogP contribution is -2.44. The minimum Gasteiger partial charge on any atom is -0.491 e. The van der Waals surface area contributed by atoms with Gasteiger partial charge in [0.05, 0.1) is 18.8 Å². The Bertz CT molecular complexity index is 1160. The van der Waals surface area contributed by atoms with Crippen molar-refractivity contribution < 1.29 is 27.8 Å². The Labute approximate surface area is 182 Å². The first-order valence-corrected chi connectivity index (χ1v) is 10.2. The second-order valence-corrected chi connectivity index (χ2v) is 7.72. The maximum Gasteiger partial charge on any atom is 0.274 e. The minimum atomic E-state index is -0.810. The van der Waals surface area contributed by atoms with E-state index in [9.17, 15) is 23.2 Å². The number of carbonyl (C=O) groups is 2. The molecule has 0 aliphatic carbocycles. The van der Waals surface area contributed by atoms with Crippen LogP contribution >= 0.6 is 0 Å². The number of ether oxygens (including phenoxy) is 2. The standard InChI is InChI=1S/C22H23F2N3O5/c1-4-26-10-13-8-15(31-2)17-16(19(28)20(32-3)18(22(26)30)27(13)17)21(29)25-9-11-5-6-12(23)7-14(11)24/h5-7,13,15H,4,8-10H2,1-3H3,(H,25,29)/t13-,15?/m1/s1. The molecule has 0 saturated carbocycles. The first kappa shape index (κ1) is 21.9. The summed E-state index contributed by atoms with van der Waals surface area (Å²) in [6.45, 7) is 2.48. The number of amides is 2. The van der Waals surface area contributed by atoms with Crippen LogP contribution in [0, 0.1) is 11.6 Å². The number of hydrogen-bond donors (Lipinski definition) is 1. The molecule has 1 unspecified atom stereocenters. The van der Waals surface area contributed by atoms with Gasteiger partial charge in [0.1, 0.15) is 23.3 Å². The molecule has 0 saturated heterocycles. The maximum atomic E-state index is 14.0. The summed E-state index contributed by atoms with van der Waals surface area (Å²) >= 11 is 0. The topological polar surface area (TPSA) is 89.9 Å². The van der Waals surface area contributed by atoms with Crippen LogP contribution in [-0.4, -0.2) is 48.6 Å². The van der Waals surface area contributed by atoms with Crippen molar-refractivity contribution in [2.45, 2.75) is 32.0 Å². The van der Waals surface area contributed by atoms with Crippen LogP contribution in [0.25, 0.3) is 0 Å². The largest absolute Gasteiger partial charge is 0.491 e. The summed E-state index contributed by atoms with van der Waals surface area (Å²) in [6, 6.07) is 2.83. The van der Waals surface area contributed by atoms with Gasteiger partial charge in [-0.15, -0.1) is 0 Å². The molecule has 4 rings (SSSR count). The highest BCUT2D eigenvalue weighted by Crippen LogP contribution is 2.43. The van der Waals surface area contributed by atoms with Crippen molar-refractivity contribution in [1.82, 2.24) is 14.8 Å². The average Bonchev–Trinajstić information content (AvgIpc) is 3.13. The van der Waals surface area contributed by atoms with Crippen molar-refractivity contribution in [3.63, 3.8) is 0 Å². The van der Waals surface area contributed by atoms with E-state index in [1.807, 2.05) is 6.92 Å². The molecular weight excluding hydrogens is 424 g/mol.